The standard InChI is InChI=1S/C47H69N3O13/c1-52-16-19-55-22-25-58-28-31-61-41-10-4-38(5-11-41)44-48-34-47(37-51)35-49(44)46(40-8-14-43(15-9-40)63-33-30-60-27-24-57-21-18-54-3)50(36-47)45(48)39-6-12-42(13-7-39)62-32-29-59-26-23-56-20-17-53-2/h4-15,44-46,51H,16-37H2,1-3H3. The first kappa shape index (κ1) is 49.0. The number of hydrogen-bond acceptors (Lipinski definition) is 16. The number of rotatable bonds is 34. The first-order valence-corrected chi connectivity index (χ1v) is 22.1. The van der Waals surface area contributed by atoms with E-state index in [0.717, 1.165) is 53.6 Å². The minimum atomic E-state index is -0.295. The van der Waals surface area contributed by atoms with E-state index in [1.807, 2.05) is 36.4 Å². The molecule has 16 nitrogen and oxygen atoms in total. The number of aliphatic hydroxyl groups is 1. The highest BCUT2D eigenvalue weighted by Gasteiger charge is 2.61. The highest BCUT2D eigenvalue weighted by Crippen LogP contribution is 2.58. The van der Waals surface area contributed by atoms with Gasteiger partial charge in [0, 0.05) is 46.4 Å². The molecular weight excluding hydrogens is 815 g/mol. The molecule has 63 heavy (non-hydrogen) atoms. The lowest BCUT2D eigenvalue weighted by molar-refractivity contribution is -0.291. The fraction of sp³-hybridized carbons (Fsp3) is 0.617. The number of methoxy groups -OCH3 is 3. The lowest BCUT2D eigenvalue weighted by Crippen LogP contribution is -2.75. The number of benzene rings is 3. The van der Waals surface area contributed by atoms with Gasteiger partial charge in [0.25, 0.3) is 0 Å². The average Bonchev–Trinajstić information content (AvgIpc) is 3.31. The number of hydrogen-bond donors (Lipinski definition) is 1. The molecule has 3 aromatic carbocycles. The van der Waals surface area contributed by atoms with Gasteiger partial charge < -0.3 is 61.9 Å². The lowest BCUT2D eigenvalue weighted by atomic mass is 9.76. The second kappa shape index (κ2) is 27.1. The second-order valence-electron chi connectivity index (χ2n) is 15.7. The van der Waals surface area contributed by atoms with E-state index in [4.69, 9.17) is 56.8 Å². The summed E-state index contributed by atoms with van der Waals surface area (Å²) in [4.78, 5) is 7.62. The maximum Gasteiger partial charge on any atom is 0.119 e. The van der Waals surface area contributed by atoms with Gasteiger partial charge in [-0.25, -0.2) is 0 Å². The Kier molecular flexibility index (Phi) is 21.1. The van der Waals surface area contributed by atoms with Crippen molar-refractivity contribution in [3.8, 4) is 17.2 Å². The topological polar surface area (TPSA) is 141 Å². The van der Waals surface area contributed by atoms with E-state index < -0.39 is 0 Å². The second-order valence-corrected chi connectivity index (χ2v) is 15.7. The number of nitrogens with zero attached hydrogens (tertiary/aromatic N) is 3. The van der Waals surface area contributed by atoms with Crippen LogP contribution in [0.4, 0.5) is 0 Å². The van der Waals surface area contributed by atoms with Gasteiger partial charge in [0.2, 0.25) is 0 Å². The zero-order valence-corrected chi connectivity index (χ0v) is 37.4. The Labute approximate surface area is 373 Å². The Balaban J connectivity index is 1.13. The van der Waals surface area contributed by atoms with Crippen molar-refractivity contribution in [2.45, 2.75) is 18.5 Å². The van der Waals surface area contributed by atoms with Gasteiger partial charge in [-0.2, -0.15) is 0 Å². The molecular formula is C47H69N3O13. The molecule has 0 atom stereocenters. The van der Waals surface area contributed by atoms with Crippen molar-refractivity contribution in [2.24, 2.45) is 5.41 Å². The maximum absolute atomic E-state index is 11.0. The van der Waals surface area contributed by atoms with E-state index in [1.54, 1.807) is 21.3 Å². The van der Waals surface area contributed by atoms with Crippen LogP contribution in [0.5, 0.6) is 17.2 Å². The van der Waals surface area contributed by atoms with Crippen LogP contribution >= 0.6 is 0 Å². The quantitative estimate of drug-likeness (QED) is 0.0858. The molecule has 0 unspecified atom stereocenters. The minimum Gasteiger partial charge on any atom is -0.491 e. The normalized spacial score (nSPS) is 23.6. The zero-order valence-electron chi connectivity index (χ0n) is 37.4. The number of aliphatic hydroxyl groups excluding tert-OH is 1. The van der Waals surface area contributed by atoms with Crippen LogP contribution in [0, 0.1) is 5.41 Å². The van der Waals surface area contributed by atoms with Crippen molar-refractivity contribution in [2.75, 3.05) is 166 Å². The molecule has 1 N–H and O–H groups in total. The van der Waals surface area contributed by atoms with Gasteiger partial charge in [-0.15, -0.1) is 0 Å². The Morgan fingerprint density at radius 3 is 0.857 bits per heavy atom. The molecule has 0 saturated carbocycles. The summed E-state index contributed by atoms with van der Waals surface area (Å²) in [6.45, 7) is 11.5. The monoisotopic (exact) mass is 883 g/mol. The van der Waals surface area contributed by atoms with Gasteiger partial charge >= 0.3 is 0 Å². The van der Waals surface area contributed by atoms with Crippen molar-refractivity contribution in [1.82, 2.24) is 14.7 Å². The molecule has 0 aliphatic carbocycles. The highest BCUT2D eigenvalue weighted by molar-refractivity contribution is 5.37. The Morgan fingerprint density at radius 2 is 0.619 bits per heavy atom. The van der Waals surface area contributed by atoms with Crippen molar-refractivity contribution in [1.29, 1.82) is 0 Å². The first-order valence-electron chi connectivity index (χ1n) is 22.1. The third-order valence-electron chi connectivity index (χ3n) is 11.2. The van der Waals surface area contributed by atoms with Gasteiger partial charge in [0.15, 0.2) is 0 Å². The molecule has 350 valence electrons. The summed E-state index contributed by atoms with van der Waals surface area (Å²) in [5, 5.41) is 11.0. The molecule has 16 heteroatoms. The summed E-state index contributed by atoms with van der Waals surface area (Å²) in [6, 6.07) is 25.2. The van der Waals surface area contributed by atoms with Crippen molar-refractivity contribution in [3.63, 3.8) is 0 Å². The summed E-state index contributed by atoms with van der Waals surface area (Å²) in [7, 11) is 4.97. The average molecular weight is 884 g/mol. The van der Waals surface area contributed by atoms with Gasteiger partial charge in [0.1, 0.15) is 37.1 Å². The molecule has 3 aromatic rings. The maximum atomic E-state index is 11.0. The predicted molar refractivity (Wildman–Crippen MR) is 234 cm³/mol. The van der Waals surface area contributed by atoms with E-state index in [-0.39, 0.29) is 30.5 Å². The summed E-state index contributed by atoms with van der Waals surface area (Å²) in [5.74, 6) is 2.34. The summed E-state index contributed by atoms with van der Waals surface area (Å²) >= 11 is 0. The molecule has 4 heterocycles. The van der Waals surface area contributed by atoms with Crippen molar-refractivity contribution < 1.29 is 61.9 Å². The van der Waals surface area contributed by atoms with Gasteiger partial charge in [-0.05, 0) is 53.1 Å². The van der Waals surface area contributed by atoms with Crippen LogP contribution in [0.3, 0.4) is 0 Å². The van der Waals surface area contributed by atoms with Crippen LogP contribution in [0.2, 0.25) is 0 Å². The summed E-state index contributed by atoms with van der Waals surface area (Å²) in [5.41, 5.74) is 3.17. The van der Waals surface area contributed by atoms with E-state index in [9.17, 15) is 5.11 Å². The van der Waals surface area contributed by atoms with Crippen molar-refractivity contribution >= 4 is 0 Å². The van der Waals surface area contributed by atoms with Crippen LogP contribution in [-0.4, -0.2) is 186 Å². The molecule has 0 amide bonds. The van der Waals surface area contributed by atoms with Gasteiger partial charge in [-0.3, -0.25) is 14.7 Å². The number of ether oxygens (including phenoxy) is 12. The fourth-order valence-electron chi connectivity index (χ4n) is 8.36. The summed E-state index contributed by atoms with van der Waals surface area (Å²) < 4.78 is 66.7. The molecule has 4 saturated heterocycles. The largest absolute Gasteiger partial charge is 0.491 e. The van der Waals surface area contributed by atoms with Crippen LogP contribution in [-0.2, 0) is 42.6 Å². The molecule has 4 aliphatic rings. The van der Waals surface area contributed by atoms with E-state index in [0.29, 0.717) is 119 Å². The van der Waals surface area contributed by atoms with Crippen LogP contribution in [0.1, 0.15) is 35.2 Å². The third kappa shape index (κ3) is 14.5. The lowest BCUT2D eigenvalue weighted by Gasteiger charge is -2.70. The summed E-state index contributed by atoms with van der Waals surface area (Å²) in [6.07, 6.45) is -0.195. The fourth-order valence-corrected chi connectivity index (χ4v) is 8.36. The van der Waals surface area contributed by atoms with E-state index in [1.165, 1.54) is 0 Å². The zero-order chi connectivity index (χ0) is 44.0. The first-order chi connectivity index (χ1) is 31.1. The molecule has 4 aliphatic heterocycles. The minimum absolute atomic E-state index is 0.0650. The third-order valence-corrected chi connectivity index (χ3v) is 11.2. The molecule has 0 spiro atoms. The molecule has 0 aromatic heterocycles. The molecule has 7 rings (SSSR count). The van der Waals surface area contributed by atoms with Crippen LogP contribution < -0.4 is 14.2 Å². The smallest absolute Gasteiger partial charge is 0.119 e. The Morgan fingerprint density at radius 1 is 0.381 bits per heavy atom. The Hall–Kier alpha value is -3.46. The van der Waals surface area contributed by atoms with Gasteiger partial charge in [-0.1, -0.05) is 36.4 Å². The predicted octanol–water partition coefficient (Wildman–Crippen LogP) is 4.18. The molecule has 0 radical (unpaired) electrons. The highest BCUT2D eigenvalue weighted by atomic mass is 16.6. The molecule has 4 fully saturated rings. The Bertz CT molecular complexity index is 1470. The van der Waals surface area contributed by atoms with Crippen LogP contribution in [0.25, 0.3) is 0 Å². The SMILES string of the molecule is COCCOCCOCCOc1ccc(C2N3CC4(CO)CN2C(c2ccc(OCCOCCOCCOC)cc2)N(C4)C3c2ccc(OCCOCCOCCOC)cc2)cc1. The van der Waals surface area contributed by atoms with E-state index >= 15 is 0 Å². The van der Waals surface area contributed by atoms with Crippen molar-refractivity contribution in [3.05, 3.63) is 89.5 Å². The van der Waals surface area contributed by atoms with Gasteiger partial charge in [0.05, 0.1) is 124 Å². The molecule has 4 bridgehead atoms. The van der Waals surface area contributed by atoms with Crippen LogP contribution in [0.15, 0.2) is 72.8 Å². The van der Waals surface area contributed by atoms with E-state index in [2.05, 4.69) is 51.1 Å².